The number of rotatable bonds is 2. The third-order valence-corrected chi connectivity index (χ3v) is 3.58. The SMILES string of the molecule is CC(C)N1C(=O)c2ccccc2C1c1ccncc1. The smallest absolute Gasteiger partial charge is 0.255 e. The van der Waals surface area contributed by atoms with Crippen molar-refractivity contribution in [3.05, 3.63) is 65.5 Å². The van der Waals surface area contributed by atoms with Crippen LogP contribution in [0.1, 0.15) is 41.4 Å². The average molecular weight is 252 g/mol. The molecule has 3 heteroatoms. The average Bonchev–Trinajstić information content (AvgIpc) is 2.74. The van der Waals surface area contributed by atoms with Gasteiger partial charge in [-0.25, -0.2) is 0 Å². The normalized spacial score (nSPS) is 17.9. The molecule has 19 heavy (non-hydrogen) atoms. The second-order valence-corrected chi connectivity index (χ2v) is 5.08. The summed E-state index contributed by atoms with van der Waals surface area (Å²) in [5, 5.41) is 0. The van der Waals surface area contributed by atoms with Gasteiger partial charge in [-0.3, -0.25) is 9.78 Å². The highest BCUT2D eigenvalue weighted by atomic mass is 16.2. The summed E-state index contributed by atoms with van der Waals surface area (Å²) in [5.41, 5.74) is 3.02. The van der Waals surface area contributed by atoms with Crippen molar-refractivity contribution in [3.8, 4) is 0 Å². The Hall–Kier alpha value is -2.16. The number of nitrogens with zero attached hydrogens (tertiary/aromatic N) is 2. The Morgan fingerprint density at radius 2 is 1.79 bits per heavy atom. The van der Waals surface area contributed by atoms with E-state index in [1.807, 2.05) is 41.3 Å². The molecule has 1 aliphatic heterocycles. The highest BCUT2D eigenvalue weighted by molar-refractivity contribution is 5.99. The molecule has 1 aromatic carbocycles. The van der Waals surface area contributed by atoms with Gasteiger partial charge in [0, 0.05) is 24.0 Å². The van der Waals surface area contributed by atoms with Gasteiger partial charge < -0.3 is 4.90 Å². The van der Waals surface area contributed by atoms with Gasteiger partial charge in [-0.2, -0.15) is 0 Å². The molecule has 1 atom stereocenters. The number of benzene rings is 1. The molecule has 0 N–H and O–H groups in total. The summed E-state index contributed by atoms with van der Waals surface area (Å²) in [4.78, 5) is 18.5. The molecular weight excluding hydrogens is 236 g/mol. The van der Waals surface area contributed by atoms with Crippen LogP contribution in [0, 0.1) is 0 Å². The molecule has 96 valence electrons. The minimum Gasteiger partial charge on any atom is -0.325 e. The summed E-state index contributed by atoms with van der Waals surface area (Å²) < 4.78 is 0. The number of carbonyl (C=O) groups excluding carboxylic acids is 1. The number of hydrogen-bond acceptors (Lipinski definition) is 2. The maximum absolute atomic E-state index is 12.5. The zero-order chi connectivity index (χ0) is 13.4. The molecule has 1 amide bonds. The molecule has 3 rings (SSSR count). The van der Waals surface area contributed by atoms with Crippen LogP contribution >= 0.6 is 0 Å². The van der Waals surface area contributed by atoms with Crippen molar-refractivity contribution in [1.82, 2.24) is 9.88 Å². The van der Waals surface area contributed by atoms with E-state index in [4.69, 9.17) is 0 Å². The summed E-state index contributed by atoms with van der Waals surface area (Å²) in [5.74, 6) is 0.118. The first-order chi connectivity index (χ1) is 9.20. The number of carbonyl (C=O) groups is 1. The van der Waals surface area contributed by atoms with Crippen LogP contribution in [0.4, 0.5) is 0 Å². The molecule has 1 aromatic heterocycles. The van der Waals surface area contributed by atoms with Gasteiger partial charge >= 0.3 is 0 Å². The second kappa shape index (κ2) is 4.50. The van der Waals surface area contributed by atoms with E-state index in [0.717, 1.165) is 16.7 Å². The lowest BCUT2D eigenvalue weighted by Gasteiger charge is -2.29. The standard InChI is InChI=1S/C16H16N2O/c1-11(2)18-15(12-7-9-17-10-8-12)13-5-3-4-6-14(13)16(18)19/h3-11,15H,1-2H3. The van der Waals surface area contributed by atoms with Crippen molar-refractivity contribution in [2.45, 2.75) is 25.9 Å². The van der Waals surface area contributed by atoms with Crippen LogP contribution in [0.15, 0.2) is 48.8 Å². The van der Waals surface area contributed by atoms with Gasteiger partial charge in [0.1, 0.15) is 0 Å². The molecule has 0 aliphatic carbocycles. The number of aromatic nitrogens is 1. The van der Waals surface area contributed by atoms with Crippen LogP contribution in [-0.4, -0.2) is 21.8 Å². The van der Waals surface area contributed by atoms with Crippen LogP contribution in [0.5, 0.6) is 0 Å². The summed E-state index contributed by atoms with van der Waals surface area (Å²) in [6.07, 6.45) is 3.55. The van der Waals surface area contributed by atoms with Gasteiger partial charge in [-0.05, 0) is 43.2 Å². The third-order valence-electron chi connectivity index (χ3n) is 3.58. The van der Waals surface area contributed by atoms with Gasteiger partial charge in [0.15, 0.2) is 0 Å². The number of amides is 1. The maximum atomic E-state index is 12.5. The third kappa shape index (κ3) is 1.82. The first-order valence-corrected chi connectivity index (χ1v) is 6.51. The summed E-state index contributed by atoms with van der Waals surface area (Å²) in [6, 6.07) is 12.0. The van der Waals surface area contributed by atoms with E-state index in [1.165, 1.54) is 0 Å². The Morgan fingerprint density at radius 3 is 2.47 bits per heavy atom. The lowest BCUT2D eigenvalue weighted by atomic mass is 9.98. The van der Waals surface area contributed by atoms with E-state index in [0.29, 0.717) is 0 Å². The zero-order valence-electron chi connectivity index (χ0n) is 11.1. The second-order valence-electron chi connectivity index (χ2n) is 5.08. The molecule has 0 radical (unpaired) electrons. The zero-order valence-corrected chi connectivity index (χ0v) is 11.1. The topological polar surface area (TPSA) is 33.2 Å². The van der Waals surface area contributed by atoms with Gasteiger partial charge in [0.2, 0.25) is 0 Å². The van der Waals surface area contributed by atoms with Crippen molar-refractivity contribution in [2.75, 3.05) is 0 Å². The van der Waals surface area contributed by atoms with E-state index in [9.17, 15) is 4.79 Å². The van der Waals surface area contributed by atoms with Crippen molar-refractivity contribution < 1.29 is 4.79 Å². The highest BCUT2D eigenvalue weighted by Crippen LogP contribution is 2.39. The van der Waals surface area contributed by atoms with E-state index in [1.54, 1.807) is 12.4 Å². The van der Waals surface area contributed by atoms with Crippen molar-refractivity contribution >= 4 is 5.91 Å². The molecular formula is C16H16N2O. The minimum absolute atomic E-state index is 0.00620. The summed E-state index contributed by atoms with van der Waals surface area (Å²) >= 11 is 0. The number of hydrogen-bond donors (Lipinski definition) is 0. The van der Waals surface area contributed by atoms with Gasteiger partial charge in [-0.1, -0.05) is 18.2 Å². The fourth-order valence-electron chi connectivity index (χ4n) is 2.75. The van der Waals surface area contributed by atoms with Crippen molar-refractivity contribution in [1.29, 1.82) is 0 Å². The molecule has 2 aromatic rings. The van der Waals surface area contributed by atoms with E-state index in [-0.39, 0.29) is 18.0 Å². The highest BCUT2D eigenvalue weighted by Gasteiger charge is 2.38. The van der Waals surface area contributed by atoms with Gasteiger partial charge in [-0.15, -0.1) is 0 Å². The fourth-order valence-corrected chi connectivity index (χ4v) is 2.75. The van der Waals surface area contributed by atoms with Crippen LogP contribution in [0.2, 0.25) is 0 Å². The first-order valence-electron chi connectivity index (χ1n) is 6.51. The molecule has 0 bridgehead atoms. The molecule has 0 saturated heterocycles. The van der Waals surface area contributed by atoms with Crippen LogP contribution in [0.25, 0.3) is 0 Å². The molecule has 1 aliphatic rings. The van der Waals surface area contributed by atoms with Gasteiger partial charge in [0.05, 0.1) is 6.04 Å². The Morgan fingerprint density at radius 1 is 1.11 bits per heavy atom. The van der Waals surface area contributed by atoms with Crippen LogP contribution < -0.4 is 0 Å². The largest absolute Gasteiger partial charge is 0.325 e. The Bertz CT molecular complexity index is 607. The van der Waals surface area contributed by atoms with Crippen molar-refractivity contribution in [3.63, 3.8) is 0 Å². The first kappa shape index (κ1) is 11.9. The quantitative estimate of drug-likeness (QED) is 0.823. The van der Waals surface area contributed by atoms with E-state index >= 15 is 0 Å². The Kier molecular flexibility index (Phi) is 2.82. The molecule has 0 fully saturated rings. The fraction of sp³-hybridized carbons (Fsp3) is 0.250. The predicted molar refractivity (Wildman–Crippen MR) is 73.8 cm³/mol. The Labute approximate surface area is 112 Å². The lowest BCUT2D eigenvalue weighted by Crippen LogP contribution is -2.34. The Balaban J connectivity index is 2.17. The van der Waals surface area contributed by atoms with Crippen LogP contribution in [-0.2, 0) is 0 Å². The molecule has 0 spiro atoms. The lowest BCUT2D eigenvalue weighted by molar-refractivity contribution is 0.0693. The molecule has 2 heterocycles. The predicted octanol–water partition coefficient (Wildman–Crippen LogP) is 3.04. The molecule has 1 unspecified atom stereocenters. The maximum Gasteiger partial charge on any atom is 0.255 e. The van der Waals surface area contributed by atoms with Crippen molar-refractivity contribution in [2.24, 2.45) is 0 Å². The van der Waals surface area contributed by atoms with Crippen LogP contribution in [0.3, 0.4) is 0 Å². The molecule has 3 nitrogen and oxygen atoms in total. The minimum atomic E-state index is 0.00620. The number of fused-ring (bicyclic) bond motifs is 1. The molecule has 0 saturated carbocycles. The summed E-state index contributed by atoms with van der Waals surface area (Å²) in [7, 11) is 0. The van der Waals surface area contributed by atoms with E-state index < -0.39 is 0 Å². The van der Waals surface area contributed by atoms with E-state index in [2.05, 4.69) is 18.8 Å². The van der Waals surface area contributed by atoms with Gasteiger partial charge in [0.25, 0.3) is 5.91 Å². The summed E-state index contributed by atoms with van der Waals surface area (Å²) in [6.45, 7) is 4.11. The monoisotopic (exact) mass is 252 g/mol. The number of pyridine rings is 1.